The molecule has 1 aliphatic heterocycles. The van der Waals surface area contributed by atoms with Crippen LogP contribution in [0.5, 0.6) is 0 Å². The molecule has 0 saturated heterocycles. The Hall–Kier alpha value is -1.84. The van der Waals surface area contributed by atoms with Crippen LogP contribution in [0.4, 0.5) is 0 Å². The van der Waals surface area contributed by atoms with Gasteiger partial charge in [-0.1, -0.05) is 12.7 Å². The largest absolute Gasteiger partial charge is 0.313 e. The summed E-state index contributed by atoms with van der Waals surface area (Å²) in [6, 6.07) is 0. The molecular formula is C13H17N3O. The highest BCUT2D eigenvalue weighted by Crippen LogP contribution is 2.28. The minimum absolute atomic E-state index is 0.0742. The van der Waals surface area contributed by atoms with Crippen LogP contribution in [0, 0.1) is 5.92 Å². The standard InChI is InChI=1S/C13H17N3O/c1-9-4-5-10(2)16(8-9)15-11(3)14-13(17)12-6-7-12/h4-5,8,12H,2,6-7H2,1,3H3,(H,14,15,17). The first kappa shape index (κ1) is 11.6. The van der Waals surface area contributed by atoms with Gasteiger partial charge in [0, 0.05) is 12.1 Å². The van der Waals surface area contributed by atoms with E-state index >= 15 is 0 Å². The van der Waals surface area contributed by atoms with Crippen molar-refractivity contribution < 1.29 is 4.79 Å². The molecule has 0 aromatic carbocycles. The van der Waals surface area contributed by atoms with E-state index in [9.17, 15) is 4.79 Å². The maximum atomic E-state index is 11.5. The summed E-state index contributed by atoms with van der Waals surface area (Å²) in [5, 5.41) is 8.79. The van der Waals surface area contributed by atoms with Crippen LogP contribution in [0.15, 0.2) is 41.3 Å². The van der Waals surface area contributed by atoms with Crippen molar-refractivity contribution >= 4 is 11.7 Å². The summed E-state index contributed by atoms with van der Waals surface area (Å²) in [5.74, 6) is 0.870. The zero-order valence-corrected chi connectivity index (χ0v) is 10.2. The minimum atomic E-state index is 0.0742. The molecule has 4 nitrogen and oxygen atoms in total. The van der Waals surface area contributed by atoms with Gasteiger partial charge in [-0.05, 0) is 38.3 Å². The Bertz CT molecular complexity index is 442. The van der Waals surface area contributed by atoms with Crippen LogP contribution in [-0.2, 0) is 4.79 Å². The zero-order chi connectivity index (χ0) is 12.4. The molecule has 2 rings (SSSR count). The second-order valence-corrected chi connectivity index (χ2v) is 4.49. The van der Waals surface area contributed by atoms with Gasteiger partial charge in [0.2, 0.25) is 5.91 Å². The number of hydrogen-bond acceptors (Lipinski definition) is 3. The van der Waals surface area contributed by atoms with E-state index in [4.69, 9.17) is 0 Å². The summed E-state index contributed by atoms with van der Waals surface area (Å²) in [5.41, 5.74) is 1.89. The van der Waals surface area contributed by atoms with E-state index in [2.05, 4.69) is 17.0 Å². The van der Waals surface area contributed by atoms with E-state index in [-0.39, 0.29) is 11.8 Å². The van der Waals surface area contributed by atoms with Gasteiger partial charge in [-0.15, -0.1) is 0 Å². The molecule has 1 fully saturated rings. The summed E-state index contributed by atoms with van der Waals surface area (Å²) >= 11 is 0. The van der Waals surface area contributed by atoms with Crippen LogP contribution in [-0.4, -0.2) is 16.8 Å². The predicted octanol–water partition coefficient (Wildman–Crippen LogP) is 2.14. The molecule has 0 unspecified atom stereocenters. The molecular weight excluding hydrogens is 214 g/mol. The van der Waals surface area contributed by atoms with Crippen LogP contribution < -0.4 is 5.32 Å². The van der Waals surface area contributed by atoms with E-state index in [1.54, 1.807) is 11.9 Å². The lowest BCUT2D eigenvalue weighted by Crippen LogP contribution is -2.31. The van der Waals surface area contributed by atoms with Crippen molar-refractivity contribution in [2.45, 2.75) is 26.7 Å². The topological polar surface area (TPSA) is 44.7 Å². The van der Waals surface area contributed by atoms with Gasteiger partial charge >= 0.3 is 0 Å². The summed E-state index contributed by atoms with van der Waals surface area (Å²) < 4.78 is 0. The van der Waals surface area contributed by atoms with E-state index < -0.39 is 0 Å². The third kappa shape index (κ3) is 3.06. The van der Waals surface area contributed by atoms with Gasteiger partial charge in [-0.25, -0.2) is 5.01 Å². The summed E-state index contributed by atoms with van der Waals surface area (Å²) in [4.78, 5) is 11.5. The Morgan fingerprint density at radius 3 is 2.88 bits per heavy atom. The number of hydrazone groups is 1. The van der Waals surface area contributed by atoms with Gasteiger partial charge in [-0.2, -0.15) is 5.10 Å². The van der Waals surface area contributed by atoms with Crippen molar-refractivity contribution in [1.82, 2.24) is 10.3 Å². The van der Waals surface area contributed by atoms with Gasteiger partial charge < -0.3 is 5.32 Å². The number of nitrogens with zero attached hydrogens (tertiary/aromatic N) is 2. The summed E-state index contributed by atoms with van der Waals surface area (Å²) in [7, 11) is 0. The number of amidine groups is 1. The third-order valence-corrected chi connectivity index (χ3v) is 2.67. The molecule has 0 spiro atoms. The van der Waals surface area contributed by atoms with E-state index in [0.717, 1.165) is 24.1 Å². The second-order valence-electron chi connectivity index (χ2n) is 4.49. The number of rotatable bonds is 2. The number of allylic oxidation sites excluding steroid dienone is 3. The molecule has 90 valence electrons. The lowest BCUT2D eigenvalue weighted by Gasteiger charge is -2.19. The van der Waals surface area contributed by atoms with E-state index in [1.807, 2.05) is 25.3 Å². The fraction of sp³-hybridized carbons (Fsp3) is 0.385. The van der Waals surface area contributed by atoms with Crippen molar-refractivity contribution in [3.05, 3.63) is 36.2 Å². The first-order valence-corrected chi connectivity index (χ1v) is 5.77. The van der Waals surface area contributed by atoms with Crippen LogP contribution in [0.25, 0.3) is 0 Å². The van der Waals surface area contributed by atoms with Crippen LogP contribution in [0.3, 0.4) is 0 Å². The number of nitrogens with one attached hydrogen (secondary N) is 1. The Balaban J connectivity index is 2.00. The second kappa shape index (κ2) is 4.57. The number of amides is 1. The molecule has 17 heavy (non-hydrogen) atoms. The maximum Gasteiger partial charge on any atom is 0.228 e. The van der Waals surface area contributed by atoms with Gasteiger partial charge in [0.15, 0.2) is 0 Å². The third-order valence-electron chi connectivity index (χ3n) is 2.67. The number of carbonyl (C=O) groups excluding carboxylic acids is 1. The monoisotopic (exact) mass is 231 g/mol. The highest BCUT2D eigenvalue weighted by atomic mass is 16.2. The van der Waals surface area contributed by atoms with Gasteiger partial charge in [0.1, 0.15) is 5.84 Å². The van der Waals surface area contributed by atoms with Gasteiger partial charge in [0.25, 0.3) is 0 Å². The molecule has 1 amide bonds. The van der Waals surface area contributed by atoms with Crippen molar-refractivity contribution in [2.75, 3.05) is 0 Å². The average Bonchev–Trinajstić information content (AvgIpc) is 3.06. The van der Waals surface area contributed by atoms with Crippen LogP contribution in [0.2, 0.25) is 0 Å². The minimum Gasteiger partial charge on any atom is -0.313 e. The highest BCUT2D eigenvalue weighted by molar-refractivity contribution is 5.98. The molecule has 0 radical (unpaired) electrons. The quantitative estimate of drug-likeness (QED) is 0.584. The van der Waals surface area contributed by atoms with Gasteiger partial charge in [0.05, 0.1) is 5.70 Å². The first-order valence-electron chi connectivity index (χ1n) is 5.77. The molecule has 0 aromatic rings. The molecule has 2 aliphatic rings. The lowest BCUT2D eigenvalue weighted by molar-refractivity contribution is -0.120. The Morgan fingerprint density at radius 2 is 2.24 bits per heavy atom. The van der Waals surface area contributed by atoms with E-state index in [0.29, 0.717) is 5.84 Å². The smallest absolute Gasteiger partial charge is 0.228 e. The summed E-state index contributed by atoms with van der Waals surface area (Å²) in [6.45, 7) is 7.66. The van der Waals surface area contributed by atoms with Crippen molar-refractivity contribution in [2.24, 2.45) is 11.0 Å². The molecule has 1 aliphatic carbocycles. The SMILES string of the molecule is C=C1C=CC(C)=CN1/N=C(\C)NC(=O)C1CC1. The number of carbonyl (C=O) groups is 1. The Labute approximate surface area is 101 Å². The predicted molar refractivity (Wildman–Crippen MR) is 67.9 cm³/mol. The zero-order valence-electron chi connectivity index (χ0n) is 10.2. The molecule has 0 bridgehead atoms. The maximum absolute atomic E-state index is 11.5. The highest BCUT2D eigenvalue weighted by Gasteiger charge is 2.29. The normalized spacial score (nSPS) is 20.4. The van der Waals surface area contributed by atoms with Crippen LogP contribution in [0.1, 0.15) is 26.7 Å². The Morgan fingerprint density at radius 1 is 1.53 bits per heavy atom. The Kier molecular flexibility index (Phi) is 3.13. The van der Waals surface area contributed by atoms with Crippen molar-refractivity contribution in [3.8, 4) is 0 Å². The van der Waals surface area contributed by atoms with E-state index in [1.165, 1.54) is 0 Å². The molecule has 0 aromatic heterocycles. The molecule has 0 atom stereocenters. The molecule has 4 heteroatoms. The fourth-order valence-corrected chi connectivity index (χ4v) is 1.53. The number of hydrogen-bond donors (Lipinski definition) is 1. The van der Waals surface area contributed by atoms with Crippen LogP contribution >= 0.6 is 0 Å². The fourth-order valence-electron chi connectivity index (χ4n) is 1.53. The molecule has 1 heterocycles. The lowest BCUT2D eigenvalue weighted by atomic mass is 10.2. The molecule has 1 N–H and O–H groups in total. The van der Waals surface area contributed by atoms with Crippen molar-refractivity contribution in [1.29, 1.82) is 0 Å². The van der Waals surface area contributed by atoms with Crippen molar-refractivity contribution in [3.63, 3.8) is 0 Å². The molecule has 1 saturated carbocycles. The summed E-state index contributed by atoms with van der Waals surface area (Å²) in [6.07, 6.45) is 7.75. The first-order chi connectivity index (χ1) is 8.06. The van der Waals surface area contributed by atoms with Gasteiger partial charge in [-0.3, -0.25) is 4.79 Å². The average molecular weight is 231 g/mol.